The smallest absolute Gasteiger partial charge is 0.207 e. The SMILES string of the molecule is C[n+]1[nH]nnc1-c1cc(F)ccc1C#N. The quantitative estimate of drug-likeness (QED) is 0.679. The number of tetrazole rings is 1. The third-order valence-corrected chi connectivity index (χ3v) is 2.00. The zero-order valence-corrected chi connectivity index (χ0v) is 7.90. The van der Waals surface area contributed by atoms with Crippen molar-refractivity contribution in [3.8, 4) is 17.5 Å². The van der Waals surface area contributed by atoms with Crippen LogP contribution in [0.25, 0.3) is 11.4 Å². The number of hydrogen-bond donors (Lipinski definition) is 1. The van der Waals surface area contributed by atoms with Gasteiger partial charge in [0.2, 0.25) is 0 Å². The molecule has 5 nitrogen and oxygen atoms in total. The lowest BCUT2D eigenvalue weighted by molar-refractivity contribution is -0.721. The van der Waals surface area contributed by atoms with E-state index in [1.54, 1.807) is 7.05 Å². The largest absolute Gasteiger partial charge is 0.333 e. The van der Waals surface area contributed by atoms with Crippen molar-refractivity contribution in [3.05, 3.63) is 29.6 Å². The molecule has 0 spiro atoms. The van der Waals surface area contributed by atoms with Gasteiger partial charge in [-0.1, -0.05) is 5.21 Å². The van der Waals surface area contributed by atoms with Gasteiger partial charge in [0.05, 0.1) is 18.2 Å². The normalized spacial score (nSPS) is 9.93. The maximum Gasteiger partial charge on any atom is 0.333 e. The Balaban J connectivity index is 2.67. The second-order valence-electron chi connectivity index (χ2n) is 2.98. The summed E-state index contributed by atoms with van der Waals surface area (Å²) >= 11 is 0. The number of nitrogens with zero attached hydrogens (tertiary/aromatic N) is 4. The number of aromatic nitrogens is 4. The van der Waals surface area contributed by atoms with Gasteiger partial charge in [-0.05, 0) is 18.2 Å². The minimum Gasteiger partial charge on any atom is -0.207 e. The molecule has 15 heavy (non-hydrogen) atoms. The fourth-order valence-corrected chi connectivity index (χ4v) is 1.28. The maximum absolute atomic E-state index is 13.0. The van der Waals surface area contributed by atoms with Gasteiger partial charge in [-0.25, -0.2) is 4.39 Å². The van der Waals surface area contributed by atoms with Crippen LogP contribution in [-0.2, 0) is 7.05 Å². The third kappa shape index (κ3) is 1.55. The Morgan fingerprint density at radius 1 is 1.53 bits per heavy atom. The molecule has 0 aliphatic carbocycles. The first-order valence-electron chi connectivity index (χ1n) is 4.19. The van der Waals surface area contributed by atoms with E-state index < -0.39 is 5.82 Å². The topological polar surface area (TPSA) is 69.2 Å². The number of aryl methyl sites for hydroxylation is 1. The van der Waals surface area contributed by atoms with Crippen molar-refractivity contribution in [2.75, 3.05) is 0 Å². The summed E-state index contributed by atoms with van der Waals surface area (Å²) < 4.78 is 14.5. The van der Waals surface area contributed by atoms with Crippen molar-refractivity contribution >= 4 is 0 Å². The van der Waals surface area contributed by atoms with Crippen LogP contribution in [0, 0.1) is 17.1 Å². The van der Waals surface area contributed by atoms with Crippen molar-refractivity contribution in [2.24, 2.45) is 7.05 Å². The predicted molar refractivity (Wildman–Crippen MR) is 47.7 cm³/mol. The summed E-state index contributed by atoms with van der Waals surface area (Å²) in [5.74, 6) is 0.0121. The summed E-state index contributed by atoms with van der Waals surface area (Å²) in [6, 6.07) is 5.89. The number of rotatable bonds is 1. The van der Waals surface area contributed by atoms with E-state index in [9.17, 15) is 4.39 Å². The van der Waals surface area contributed by atoms with E-state index >= 15 is 0 Å². The molecule has 0 saturated carbocycles. The number of hydrogen-bond acceptors (Lipinski definition) is 3. The molecule has 1 N–H and O–H groups in total. The molecule has 6 heteroatoms. The van der Waals surface area contributed by atoms with E-state index in [-0.39, 0.29) is 0 Å². The Kier molecular flexibility index (Phi) is 2.14. The van der Waals surface area contributed by atoms with E-state index in [4.69, 9.17) is 5.26 Å². The maximum atomic E-state index is 13.0. The van der Waals surface area contributed by atoms with Gasteiger partial charge >= 0.3 is 5.82 Å². The Bertz CT molecular complexity index is 540. The van der Waals surface area contributed by atoms with Gasteiger partial charge in [-0.2, -0.15) is 9.94 Å². The number of benzene rings is 1. The molecule has 0 amide bonds. The molecular weight excluding hydrogens is 197 g/mol. The number of nitrogens with one attached hydrogen (secondary N) is 1. The molecule has 0 aliphatic rings. The van der Waals surface area contributed by atoms with Crippen molar-refractivity contribution in [1.82, 2.24) is 15.5 Å². The van der Waals surface area contributed by atoms with Gasteiger partial charge in [0.1, 0.15) is 17.0 Å². The van der Waals surface area contributed by atoms with Crippen LogP contribution >= 0.6 is 0 Å². The highest BCUT2D eigenvalue weighted by molar-refractivity contribution is 5.62. The first-order chi connectivity index (χ1) is 7.22. The molecule has 2 aromatic rings. The monoisotopic (exact) mass is 204 g/mol. The van der Waals surface area contributed by atoms with Crippen LogP contribution < -0.4 is 4.68 Å². The van der Waals surface area contributed by atoms with Crippen molar-refractivity contribution in [2.45, 2.75) is 0 Å². The Morgan fingerprint density at radius 2 is 2.33 bits per heavy atom. The van der Waals surface area contributed by atoms with Crippen molar-refractivity contribution in [1.29, 1.82) is 5.26 Å². The second kappa shape index (κ2) is 3.46. The number of H-pyrrole nitrogens is 1. The molecule has 0 unspecified atom stereocenters. The molecular formula is C9H7FN5+. The minimum atomic E-state index is -0.410. The fourth-order valence-electron chi connectivity index (χ4n) is 1.28. The number of halogens is 1. The zero-order valence-electron chi connectivity index (χ0n) is 7.90. The average Bonchev–Trinajstić information content (AvgIpc) is 2.64. The first-order valence-corrected chi connectivity index (χ1v) is 4.19. The molecule has 0 atom stereocenters. The van der Waals surface area contributed by atoms with Crippen LogP contribution in [-0.4, -0.2) is 15.5 Å². The van der Waals surface area contributed by atoms with Crippen LogP contribution in [0.15, 0.2) is 18.2 Å². The van der Waals surface area contributed by atoms with Gasteiger partial charge in [0.25, 0.3) is 0 Å². The molecule has 74 valence electrons. The molecule has 0 bridgehead atoms. The van der Waals surface area contributed by atoms with Crippen LogP contribution in [0.3, 0.4) is 0 Å². The van der Waals surface area contributed by atoms with Crippen LogP contribution in [0.4, 0.5) is 4.39 Å². The number of aromatic amines is 1. The third-order valence-electron chi connectivity index (χ3n) is 2.00. The number of nitriles is 1. The van der Waals surface area contributed by atoms with Gasteiger partial charge in [-0.15, -0.1) is 0 Å². The van der Waals surface area contributed by atoms with E-state index in [2.05, 4.69) is 15.5 Å². The van der Waals surface area contributed by atoms with Crippen molar-refractivity contribution in [3.63, 3.8) is 0 Å². The highest BCUT2D eigenvalue weighted by atomic mass is 19.1. The summed E-state index contributed by atoms with van der Waals surface area (Å²) in [6.07, 6.45) is 0. The first kappa shape index (κ1) is 9.27. The molecule has 0 radical (unpaired) electrons. The minimum absolute atomic E-state index is 0.362. The van der Waals surface area contributed by atoms with Gasteiger partial charge in [-0.3, -0.25) is 0 Å². The van der Waals surface area contributed by atoms with E-state index in [1.807, 2.05) is 6.07 Å². The van der Waals surface area contributed by atoms with Crippen LogP contribution in [0.2, 0.25) is 0 Å². The summed E-state index contributed by atoms with van der Waals surface area (Å²) in [4.78, 5) is 0. The van der Waals surface area contributed by atoms with E-state index in [1.165, 1.54) is 22.9 Å². The Labute approximate surface area is 84.8 Å². The molecule has 0 saturated heterocycles. The molecule has 0 aliphatic heterocycles. The summed E-state index contributed by atoms with van der Waals surface area (Å²) in [5.41, 5.74) is 0.787. The Morgan fingerprint density at radius 3 is 2.93 bits per heavy atom. The molecule has 2 rings (SSSR count). The second-order valence-corrected chi connectivity index (χ2v) is 2.98. The summed E-state index contributed by atoms with van der Waals surface area (Å²) in [7, 11) is 1.68. The lowest BCUT2D eigenvalue weighted by Gasteiger charge is -1.97. The average molecular weight is 204 g/mol. The van der Waals surface area contributed by atoms with Gasteiger partial charge in [0, 0.05) is 0 Å². The van der Waals surface area contributed by atoms with E-state index in [0.717, 1.165) is 0 Å². The molecule has 1 aromatic heterocycles. The Hall–Kier alpha value is -2.29. The zero-order chi connectivity index (χ0) is 10.8. The van der Waals surface area contributed by atoms with E-state index in [0.29, 0.717) is 17.0 Å². The molecule has 1 aromatic carbocycles. The van der Waals surface area contributed by atoms with Crippen molar-refractivity contribution < 1.29 is 9.07 Å². The van der Waals surface area contributed by atoms with Crippen LogP contribution in [0.5, 0.6) is 0 Å². The lowest BCUT2D eigenvalue weighted by atomic mass is 10.1. The standard InChI is InChI=1S/C9H6FN5/c1-15-9(12-13-14-15)8-4-7(10)3-2-6(8)5-11/h2-4H,1H3/p+1. The summed E-state index contributed by atoms with van der Waals surface area (Å²) in [6.45, 7) is 0. The highest BCUT2D eigenvalue weighted by Gasteiger charge is 2.18. The summed E-state index contributed by atoms with van der Waals surface area (Å²) in [5, 5.41) is 18.8. The molecule has 0 fully saturated rings. The van der Waals surface area contributed by atoms with Gasteiger partial charge < -0.3 is 0 Å². The predicted octanol–water partition coefficient (Wildman–Crippen LogP) is 0.307. The lowest BCUT2D eigenvalue weighted by Crippen LogP contribution is -2.32. The fraction of sp³-hybridized carbons (Fsp3) is 0.111. The van der Waals surface area contributed by atoms with Gasteiger partial charge in [0.15, 0.2) is 5.21 Å². The highest BCUT2D eigenvalue weighted by Crippen LogP contribution is 2.18. The molecule has 1 heterocycles. The van der Waals surface area contributed by atoms with Crippen LogP contribution in [0.1, 0.15) is 5.56 Å².